The number of furan rings is 1. The Bertz CT molecular complexity index is 488. The zero-order chi connectivity index (χ0) is 11.5. The Morgan fingerprint density at radius 1 is 1.25 bits per heavy atom. The predicted octanol–water partition coefficient (Wildman–Crippen LogP) is 3.10. The van der Waals surface area contributed by atoms with E-state index in [-0.39, 0.29) is 0 Å². The monoisotopic (exact) mass is 217 g/mol. The first-order chi connectivity index (χ1) is 7.74. The smallest absolute Gasteiger partial charge is 0.138 e. The molecule has 84 valence electrons. The molecule has 2 aromatic rings. The topological polar surface area (TPSA) is 48.4 Å². The van der Waals surface area contributed by atoms with Crippen molar-refractivity contribution in [1.29, 1.82) is 0 Å². The highest BCUT2D eigenvalue weighted by molar-refractivity contribution is 5.69. The molecule has 3 nitrogen and oxygen atoms in total. The number of benzene rings is 1. The Labute approximate surface area is 94.8 Å². The van der Waals surface area contributed by atoms with E-state index in [1.54, 1.807) is 13.2 Å². The second kappa shape index (κ2) is 4.31. The third kappa shape index (κ3) is 1.89. The van der Waals surface area contributed by atoms with Gasteiger partial charge in [0, 0.05) is 18.2 Å². The van der Waals surface area contributed by atoms with E-state index in [1.165, 1.54) is 0 Å². The lowest BCUT2D eigenvalue weighted by molar-refractivity contribution is 0.414. The molecule has 16 heavy (non-hydrogen) atoms. The lowest BCUT2D eigenvalue weighted by Crippen LogP contribution is -1.90. The summed E-state index contributed by atoms with van der Waals surface area (Å²) >= 11 is 0. The van der Waals surface area contributed by atoms with Crippen molar-refractivity contribution in [2.24, 2.45) is 0 Å². The standard InChI is InChI=1S/C13H15NO2/c1-3-10-5-7-12(16-10)11-6-4-9(14)8-13(11)15-2/h4-8H,3,14H2,1-2H3. The number of hydrogen-bond donors (Lipinski definition) is 1. The van der Waals surface area contributed by atoms with Crippen molar-refractivity contribution < 1.29 is 9.15 Å². The molecular weight excluding hydrogens is 202 g/mol. The number of nitrogen functional groups attached to an aromatic ring is 1. The Balaban J connectivity index is 2.46. The summed E-state index contributed by atoms with van der Waals surface area (Å²) in [4.78, 5) is 0. The van der Waals surface area contributed by atoms with Gasteiger partial charge < -0.3 is 14.9 Å². The summed E-state index contributed by atoms with van der Waals surface area (Å²) in [5.41, 5.74) is 7.31. The van der Waals surface area contributed by atoms with E-state index >= 15 is 0 Å². The maximum absolute atomic E-state index is 5.70. The van der Waals surface area contributed by atoms with Gasteiger partial charge in [-0.2, -0.15) is 0 Å². The molecule has 1 aromatic heterocycles. The third-order valence-electron chi connectivity index (χ3n) is 2.50. The molecular formula is C13H15NO2. The lowest BCUT2D eigenvalue weighted by Gasteiger charge is -2.06. The van der Waals surface area contributed by atoms with Gasteiger partial charge in [0.05, 0.1) is 12.7 Å². The fourth-order valence-corrected chi connectivity index (χ4v) is 1.62. The highest BCUT2D eigenvalue weighted by atomic mass is 16.5. The molecule has 0 bridgehead atoms. The fraction of sp³-hybridized carbons (Fsp3) is 0.231. The quantitative estimate of drug-likeness (QED) is 0.803. The van der Waals surface area contributed by atoms with E-state index in [0.717, 1.165) is 29.3 Å². The van der Waals surface area contributed by atoms with Crippen LogP contribution in [0.2, 0.25) is 0 Å². The van der Waals surface area contributed by atoms with E-state index in [2.05, 4.69) is 6.92 Å². The van der Waals surface area contributed by atoms with Crippen molar-refractivity contribution in [2.45, 2.75) is 13.3 Å². The van der Waals surface area contributed by atoms with Gasteiger partial charge in [-0.25, -0.2) is 0 Å². The maximum Gasteiger partial charge on any atom is 0.138 e. The van der Waals surface area contributed by atoms with Gasteiger partial charge in [0.1, 0.15) is 17.3 Å². The van der Waals surface area contributed by atoms with Crippen LogP contribution in [-0.4, -0.2) is 7.11 Å². The van der Waals surface area contributed by atoms with E-state index in [1.807, 2.05) is 24.3 Å². The minimum atomic E-state index is 0.683. The van der Waals surface area contributed by atoms with Crippen LogP contribution < -0.4 is 10.5 Å². The van der Waals surface area contributed by atoms with Crippen LogP contribution in [0.5, 0.6) is 5.75 Å². The highest BCUT2D eigenvalue weighted by Crippen LogP contribution is 2.32. The molecule has 0 amide bonds. The summed E-state index contributed by atoms with van der Waals surface area (Å²) in [6.45, 7) is 2.06. The number of ether oxygens (including phenoxy) is 1. The molecule has 0 aliphatic rings. The van der Waals surface area contributed by atoms with Gasteiger partial charge >= 0.3 is 0 Å². The van der Waals surface area contributed by atoms with E-state index in [9.17, 15) is 0 Å². The first-order valence-corrected chi connectivity index (χ1v) is 5.27. The van der Waals surface area contributed by atoms with Gasteiger partial charge in [0.2, 0.25) is 0 Å². The van der Waals surface area contributed by atoms with Gasteiger partial charge in [-0.15, -0.1) is 0 Å². The number of methoxy groups -OCH3 is 1. The summed E-state index contributed by atoms with van der Waals surface area (Å²) in [6, 6.07) is 9.47. The van der Waals surface area contributed by atoms with Gasteiger partial charge in [-0.3, -0.25) is 0 Å². The summed E-state index contributed by atoms with van der Waals surface area (Å²) in [5, 5.41) is 0. The molecule has 3 heteroatoms. The summed E-state index contributed by atoms with van der Waals surface area (Å²) < 4.78 is 11.0. The molecule has 0 saturated heterocycles. The zero-order valence-corrected chi connectivity index (χ0v) is 9.49. The normalized spacial score (nSPS) is 10.4. The lowest BCUT2D eigenvalue weighted by atomic mass is 10.1. The molecule has 0 aliphatic carbocycles. The van der Waals surface area contributed by atoms with Crippen LogP contribution in [-0.2, 0) is 6.42 Å². The molecule has 0 atom stereocenters. The minimum Gasteiger partial charge on any atom is -0.496 e. The Morgan fingerprint density at radius 2 is 2.06 bits per heavy atom. The van der Waals surface area contributed by atoms with Crippen molar-refractivity contribution in [2.75, 3.05) is 12.8 Å². The average Bonchev–Trinajstić information content (AvgIpc) is 2.77. The molecule has 2 rings (SSSR count). The van der Waals surface area contributed by atoms with Crippen molar-refractivity contribution in [3.63, 3.8) is 0 Å². The number of anilines is 1. The Hall–Kier alpha value is -1.90. The minimum absolute atomic E-state index is 0.683. The van der Waals surface area contributed by atoms with Gasteiger partial charge in [0.25, 0.3) is 0 Å². The van der Waals surface area contributed by atoms with E-state index < -0.39 is 0 Å². The molecule has 0 radical (unpaired) electrons. The molecule has 1 aromatic carbocycles. The summed E-state index contributed by atoms with van der Waals surface area (Å²) in [7, 11) is 1.63. The SMILES string of the molecule is CCc1ccc(-c2ccc(N)cc2OC)o1. The van der Waals surface area contributed by atoms with Gasteiger partial charge in [-0.1, -0.05) is 6.92 Å². The van der Waals surface area contributed by atoms with Crippen LogP contribution in [0.4, 0.5) is 5.69 Å². The predicted molar refractivity (Wildman–Crippen MR) is 64.5 cm³/mol. The highest BCUT2D eigenvalue weighted by Gasteiger charge is 2.09. The van der Waals surface area contributed by atoms with Gasteiger partial charge in [-0.05, 0) is 24.3 Å². The first-order valence-electron chi connectivity index (χ1n) is 5.27. The Kier molecular flexibility index (Phi) is 2.86. The number of hydrogen-bond acceptors (Lipinski definition) is 3. The van der Waals surface area contributed by atoms with E-state index in [0.29, 0.717) is 5.69 Å². The molecule has 0 unspecified atom stereocenters. The molecule has 1 heterocycles. The van der Waals surface area contributed by atoms with E-state index in [4.69, 9.17) is 14.9 Å². The van der Waals surface area contributed by atoms with Crippen LogP contribution in [0.3, 0.4) is 0 Å². The van der Waals surface area contributed by atoms with Crippen LogP contribution in [0.1, 0.15) is 12.7 Å². The molecule has 0 saturated carbocycles. The first kappa shape index (κ1) is 10.6. The van der Waals surface area contributed by atoms with Crippen LogP contribution >= 0.6 is 0 Å². The van der Waals surface area contributed by atoms with Crippen molar-refractivity contribution in [3.05, 3.63) is 36.1 Å². The Morgan fingerprint density at radius 3 is 2.69 bits per heavy atom. The third-order valence-corrected chi connectivity index (χ3v) is 2.50. The number of aryl methyl sites for hydroxylation is 1. The van der Waals surface area contributed by atoms with Crippen LogP contribution in [0.15, 0.2) is 34.7 Å². The van der Waals surface area contributed by atoms with Crippen LogP contribution in [0, 0.1) is 0 Å². The zero-order valence-electron chi connectivity index (χ0n) is 9.49. The molecule has 2 N–H and O–H groups in total. The van der Waals surface area contributed by atoms with Crippen molar-refractivity contribution in [1.82, 2.24) is 0 Å². The number of rotatable bonds is 3. The fourth-order valence-electron chi connectivity index (χ4n) is 1.62. The summed E-state index contributed by atoms with van der Waals surface area (Å²) in [5.74, 6) is 2.51. The average molecular weight is 217 g/mol. The molecule has 0 spiro atoms. The molecule has 0 fully saturated rings. The summed E-state index contributed by atoms with van der Waals surface area (Å²) in [6.07, 6.45) is 0.886. The number of nitrogens with two attached hydrogens (primary N) is 1. The molecule has 0 aliphatic heterocycles. The van der Waals surface area contributed by atoms with Crippen LogP contribution in [0.25, 0.3) is 11.3 Å². The van der Waals surface area contributed by atoms with Crippen molar-refractivity contribution >= 4 is 5.69 Å². The largest absolute Gasteiger partial charge is 0.496 e. The van der Waals surface area contributed by atoms with Crippen molar-refractivity contribution in [3.8, 4) is 17.1 Å². The maximum atomic E-state index is 5.70. The second-order valence-corrected chi connectivity index (χ2v) is 3.58. The van der Waals surface area contributed by atoms with Gasteiger partial charge in [0.15, 0.2) is 0 Å². The second-order valence-electron chi connectivity index (χ2n) is 3.58.